The van der Waals surface area contributed by atoms with Crippen molar-refractivity contribution in [1.29, 1.82) is 0 Å². The molecule has 0 N–H and O–H groups in total. The van der Waals surface area contributed by atoms with Crippen molar-refractivity contribution in [1.82, 2.24) is 4.57 Å². The van der Waals surface area contributed by atoms with Gasteiger partial charge in [-0.05, 0) is 79.1 Å². The first kappa shape index (κ1) is 28.0. The molecule has 0 aliphatic heterocycles. The Kier molecular flexibility index (Phi) is 7.74. The zero-order chi connectivity index (χ0) is 30.0. The molecule has 8 rings (SSSR count). The molecule has 216 valence electrons. The lowest BCUT2D eigenvalue weighted by atomic mass is 10.1. The molecule has 0 fully saturated rings. The summed E-state index contributed by atoms with van der Waals surface area (Å²) in [4.78, 5) is 0. The van der Waals surface area contributed by atoms with Gasteiger partial charge in [0.2, 0.25) is 0 Å². The van der Waals surface area contributed by atoms with Crippen molar-refractivity contribution in [2.75, 3.05) is 0 Å². The van der Waals surface area contributed by atoms with Crippen LogP contribution in [0.3, 0.4) is 0 Å². The molecule has 0 saturated heterocycles. The summed E-state index contributed by atoms with van der Waals surface area (Å²) >= 11 is 0. The average molecular weight is 614 g/mol. The van der Waals surface area contributed by atoms with Gasteiger partial charge in [-0.1, -0.05) is 152 Å². The summed E-state index contributed by atoms with van der Waals surface area (Å²) in [6.07, 6.45) is 10.3. The summed E-state index contributed by atoms with van der Waals surface area (Å²) in [6, 6.07) is 58.5. The standard InChI is InChI=1S/C42H33NP2/c1-6-18-32(19-7-1)43-39-29-17-16-28-37(39)38-30-41(44(33-20-8-2-9-21-33)34-22-10-3-11-23-34)42(31-40(38)43)45(35-24-12-4-13-25-35)36-26-14-5-15-27-36/h1-26,28-31,36H,27H2. The van der Waals surface area contributed by atoms with Gasteiger partial charge >= 0.3 is 0 Å². The maximum Gasteiger partial charge on any atom is 0.0548 e. The van der Waals surface area contributed by atoms with Gasteiger partial charge in [0.1, 0.15) is 0 Å². The summed E-state index contributed by atoms with van der Waals surface area (Å²) in [7, 11) is -1.54. The topological polar surface area (TPSA) is 4.93 Å². The highest BCUT2D eigenvalue weighted by Crippen LogP contribution is 2.47. The summed E-state index contributed by atoms with van der Waals surface area (Å²) in [5, 5.41) is 9.74. The van der Waals surface area contributed by atoms with Crippen LogP contribution in [0.1, 0.15) is 6.42 Å². The Bertz CT molecular complexity index is 2090. The fourth-order valence-electron chi connectivity index (χ4n) is 6.66. The van der Waals surface area contributed by atoms with E-state index in [0.29, 0.717) is 5.66 Å². The van der Waals surface area contributed by atoms with Gasteiger partial charge in [0.25, 0.3) is 0 Å². The maximum absolute atomic E-state index is 2.57. The van der Waals surface area contributed by atoms with Crippen LogP contribution >= 0.6 is 15.8 Å². The third-order valence-electron chi connectivity index (χ3n) is 8.64. The number of fused-ring (bicyclic) bond motifs is 3. The number of para-hydroxylation sites is 2. The van der Waals surface area contributed by atoms with Crippen molar-refractivity contribution in [2.45, 2.75) is 12.1 Å². The predicted molar refractivity (Wildman–Crippen MR) is 199 cm³/mol. The van der Waals surface area contributed by atoms with Gasteiger partial charge in [0.15, 0.2) is 0 Å². The maximum atomic E-state index is 2.57. The van der Waals surface area contributed by atoms with Crippen LogP contribution in [0.2, 0.25) is 0 Å². The number of hydrogen-bond acceptors (Lipinski definition) is 0. The molecule has 0 spiro atoms. The first-order valence-corrected chi connectivity index (χ1v) is 18.3. The molecular weight excluding hydrogens is 580 g/mol. The summed E-state index contributed by atoms with van der Waals surface area (Å²) in [5.41, 5.74) is 4.13. The molecule has 2 atom stereocenters. The number of allylic oxidation sites excluding steroid dienone is 4. The van der Waals surface area contributed by atoms with Crippen LogP contribution < -0.4 is 26.5 Å². The predicted octanol–water partition coefficient (Wildman–Crippen LogP) is 8.86. The van der Waals surface area contributed by atoms with Gasteiger partial charge in [-0.15, -0.1) is 0 Å². The Morgan fingerprint density at radius 3 is 1.69 bits per heavy atom. The summed E-state index contributed by atoms with van der Waals surface area (Å²) in [5.74, 6) is 0. The van der Waals surface area contributed by atoms with Gasteiger partial charge in [-0.2, -0.15) is 0 Å². The fraction of sp³-hybridized carbons (Fsp3) is 0.0476. The molecule has 7 aromatic rings. The van der Waals surface area contributed by atoms with E-state index in [1.54, 1.807) is 0 Å². The third kappa shape index (κ3) is 5.27. The van der Waals surface area contributed by atoms with E-state index in [-0.39, 0.29) is 0 Å². The van der Waals surface area contributed by atoms with Crippen LogP contribution in [-0.2, 0) is 0 Å². The normalized spacial score (nSPS) is 15.2. The Morgan fingerprint density at radius 2 is 1.07 bits per heavy atom. The van der Waals surface area contributed by atoms with Crippen LogP contribution in [-0.4, -0.2) is 10.2 Å². The number of aromatic nitrogens is 1. The highest BCUT2D eigenvalue weighted by atomic mass is 31.1. The van der Waals surface area contributed by atoms with Crippen molar-refractivity contribution in [3.05, 3.63) is 182 Å². The Balaban J connectivity index is 1.51. The number of benzene rings is 6. The minimum absolute atomic E-state index is 0.418. The number of hydrogen-bond donors (Lipinski definition) is 0. The van der Waals surface area contributed by atoms with E-state index in [0.717, 1.165) is 6.42 Å². The van der Waals surface area contributed by atoms with Crippen LogP contribution in [0, 0.1) is 0 Å². The second-order valence-electron chi connectivity index (χ2n) is 11.4. The van der Waals surface area contributed by atoms with E-state index < -0.39 is 15.8 Å². The molecule has 0 bridgehead atoms. The van der Waals surface area contributed by atoms with Crippen LogP contribution in [0.4, 0.5) is 0 Å². The van der Waals surface area contributed by atoms with Gasteiger partial charge < -0.3 is 4.57 Å². The molecule has 1 aliphatic rings. The fourth-order valence-corrected chi connectivity index (χ4v) is 12.3. The quantitative estimate of drug-likeness (QED) is 0.158. The van der Waals surface area contributed by atoms with E-state index in [2.05, 4.69) is 187 Å². The molecule has 0 radical (unpaired) electrons. The zero-order valence-corrected chi connectivity index (χ0v) is 26.7. The Morgan fingerprint density at radius 1 is 0.489 bits per heavy atom. The molecule has 45 heavy (non-hydrogen) atoms. The van der Waals surface area contributed by atoms with Crippen molar-refractivity contribution < 1.29 is 0 Å². The minimum atomic E-state index is -0.819. The van der Waals surface area contributed by atoms with Crippen LogP contribution in [0.15, 0.2) is 182 Å². The van der Waals surface area contributed by atoms with E-state index in [4.69, 9.17) is 0 Å². The first-order valence-electron chi connectivity index (χ1n) is 15.6. The van der Waals surface area contributed by atoms with Gasteiger partial charge in [0, 0.05) is 22.1 Å². The Labute approximate surface area is 267 Å². The molecule has 0 saturated carbocycles. The monoisotopic (exact) mass is 613 g/mol. The van der Waals surface area contributed by atoms with E-state index in [9.17, 15) is 0 Å². The lowest BCUT2D eigenvalue weighted by Crippen LogP contribution is -2.34. The van der Waals surface area contributed by atoms with Gasteiger partial charge in [-0.3, -0.25) is 0 Å². The molecule has 3 heteroatoms. The second kappa shape index (κ2) is 12.5. The molecule has 1 aliphatic carbocycles. The van der Waals surface area contributed by atoms with E-state index in [1.807, 2.05) is 0 Å². The largest absolute Gasteiger partial charge is 0.309 e. The van der Waals surface area contributed by atoms with Crippen molar-refractivity contribution in [3.8, 4) is 5.69 Å². The molecule has 1 nitrogen and oxygen atoms in total. The lowest BCUT2D eigenvalue weighted by molar-refractivity contribution is 1.05. The van der Waals surface area contributed by atoms with Gasteiger partial charge in [0.05, 0.1) is 11.0 Å². The lowest BCUT2D eigenvalue weighted by Gasteiger charge is -2.31. The van der Waals surface area contributed by atoms with Crippen LogP contribution in [0.5, 0.6) is 0 Å². The number of nitrogens with zero attached hydrogens (tertiary/aromatic N) is 1. The first-order chi connectivity index (χ1) is 22.4. The van der Waals surface area contributed by atoms with Gasteiger partial charge in [-0.25, -0.2) is 0 Å². The molecular formula is C42H33NP2. The van der Waals surface area contributed by atoms with Crippen LogP contribution in [0.25, 0.3) is 27.5 Å². The summed E-state index contributed by atoms with van der Waals surface area (Å²) < 4.78 is 2.47. The Hall–Kier alpha value is -4.54. The smallest absolute Gasteiger partial charge is 0.0548 e. The van der Waals surface area contributed by atoms with Crippen molar-refractivity contribution in [3.63, 3.8) is 0 Å². The molecule has 0 amide bonds. The second-order valence-corrected chi connectivity index (χ2v) is 16.0. The summed E-state index contributed by atoms with van der Waals surface area (Å²) in [6.45, 7) is 0. The zero-order valence-electron chi connectivity index (χ0n) is 24.9. The molecule has 1 aromatic heterocycles. The van der Waals surface area contributed by atoms with E-state index >= 15 is 0 Å². The minimum Gasteiger partial charge on any atom is -0.309 e. The van der Waals surface area contributed by atoms with E-state index in [1.165, 1.54) is 54.0 Å². The van der Waals surface area contributed by atoms with Crippen molar-refractivity contribution >= 4 is 64.2 Å². The average Bonchev–Trinajstić information content (AvgIpc) is 3.44. The highest BCUT2D eigenvalue weighted by Gasteiger charge is 2.30. The molecule has 6 aromatic carbocycles. The SMILES string of the molecule is C1=CCC(P(c2ccccc2)c2cc3c(cc2P(c2ccccc2)c2ccccc2)c2ccccc2n3-c2ccccc2)C=C1. The number of rotatable bonds is 7. The van der Waals surface area contributed by atoms with Crippen molar-refractivity contribution in [2.24, 2.45) is 0 Å². The molecule has 2 unspecified atom stereocenters. The third-order valence-corrected chi connectivity index (χ3v) is 14.1. The molecule has 1 heterocycles. The highest BCUT2D eigenvalue weighted by molar-refractivity contribution is 7.83.